The molecular weight excluding hydrogens is 300 g/mol. The summed E-state index contributed by atoms with van der Waals surface area (Å²) in [5.41, 5.74) is -0.830. The van der Waals surface area contributed by atoms with Crippen LogP contribution in [0.25, 0.3) is 0 Å². The third-order valence-electron chi connectivity index (χ3n) is 5.54. The maximum absolute atomic E-state index is 13.9. The molecule has 0 spiro atoms. The number of hydrogen-bond donors (Lipinski definition) is 1. The molecule has 1 heterocycles. The van der Waals surface area contributed by atoms with Crippen LogP contribution in [0.4, 0.5) is 8.78 Å². The Hall–Kier alpha value is -1.49. The number of aliphatic hydroxyl groups is 1. The molecule has 1 aromatic carbocycles. The smallest absolute Gasteiger partial charge is 0.230 e. The second-order valence-electron chi connectivity index (χ2n) is 6.94. The zero-order valence-electron chi connectivity index (χ0n) is 13.4. The summed E-state index contributed by atoms with van der Waals surface area (Å²) in [5, 5.41) is 10.7. The first kappa shape index (κ1) is 16.4. The Balaban J connectivity index is 1.76. The van der Waals surface area contributed by atoms with E-state index in [1.165, 1.54) is 18.2 Å². The van der Waals surface area contributed by atoms with Crippen molar-refractivity contribution in [2.45, 2.75) is 50.5 Å². The summed E-state index contributed by atoms with van der Waals surface area (Å²) >= 11 is 0. The highest BCUT2D eigenvalue weighted by Crippen LogP contribution is 2.40. The molecule has 0 radical (unpaired) electrons. The number of rotatable bonds is 2. The van der Waals surface area contributed by atoms with Gasteiger partial charge in [0.15, 0.2) is 0 Å². The third-order valence-corrected chi connectivity index (χ3v) is 5.54. The highest BCUT2D eigenvalue weighted by atomic mass is 19.1. The highest BCUT2D eigenvalue weighted by molar-refractivity contribution is 5.83. The first-order valence-corrected chi connectivity index (χ1v) is 8.37. The van der Waals surface area contributed by atoms with Crippen LogP contribution in [0.2, 0.25) is 0 Å². The number of halogens is 2. The van der Waals surface area contributed by atoms with Gasteiger partial charge in [-0.1, -0.05) is 18.9 Å². The van der Waals surface area contributed by atoms with E-state index in [0.717, 1.165) is 25.7 Å². The number of carbonyl (C=O) groups is 1. The van der Waals surface area contributed by atoms with Gasteiger partial charge < -0.3 is 10.0 Å². The lowest BCUT2D eigenvalue weighted by Gasteiger charge is -2.47. The molecule has 2 fully saturated rings. The number of nitrogens with zero attached hydrogens (tertiary/aromatic N) is 1. The lowest BCUT2D eigenvalue weighted by Crippen LogP contribution is -2.55. The van der Waals surface area contributed by atoms with Crippen LogP contribution in [0.1, 0.15) is 50.5 Å². The second kappa shape index (κ2) is 6.19. The Bertz CT molecular complexity index is 586. The summed E-state index contributed by atoms with van der Waals surface area (Å²) in [7, 11) is 0. The number of piperidine rings is 1. The fraction of sp³-hybridized carbons (Fsp3) is 0.611. The molecule has 3 rings (SSSR count). The van der Waals surface area contributed by atoms with Crippen molar-refractivity contribution in [2.75, 3.05) is 13.1 Å². The minimum absolute atomic E-state index is 0.0756. The van der Waals surface area contributed by atoms with Crippen molar-refractivity contribution in [3.05, 3.63) is 35.4 Å². The molecule has 0 bridgehead atoms. The van der Waals surface area contributed by atoms with Gasteiger partial charge in [0, 0.05) is 24.6 Å². The van der Waals surface area contributed by atoms with Crippen LogP contribution in [-0.4, -0.2) is 34.6 Å². The maximum Gasteiger partial charge on any atom is 0.230 e. The van der Waals surface area contributed by atoms with Gasteiger partial charge in [0.25, 0.3) is 0 Å². The molecule has 3 atom stereocenters. The van der Waals surface area contributed by atoms with Gasteiger partial charge >= 0.3 is 0 Å². The number of fused-ring (bicyclic) bond motifs is 1. The zero-order valence-corrected chi connectivity index (χ0v) is 13.4. The van der Waals surface area contributed by atoms with Crippen molar-refractivity contribution >= 4 is 5.91 Å². The molecule has 126 valence electrons. The standard InChI is InChI=1S/C18H23F2NO2/c1-12(16-14(19)6-4-7-15(16)20)17(22)21-10-9-18(23)8-3-2-5-13(18)11-21/h4,6-7,12-13,23H,2-3,5,8-11H2,1H3. The van der Waals surface area contributed by atoms with E-state index in [0.29, 0.717) is 19.5 Å². The maximum atomic E-state index is 13.9. The Labute approximate surface area is 135 Å². The fourth-order valence-electron chi connectivity index (χ4n) is 4.09. The Morgan fingerprint density at radius 1 is 1.30 bits per heavy atom. The number of carbonyl (C=O) groups excluding carboxylic acids is 1. The molecule has 3 nitrogen and oxygen atoms in total. The van der Waals surface area contributed by atoms with Crippen LogP contribution in [0.5, 0.6) is 0 Å². The van der Waals surface area contributed by atoms with Gasteiger partial charge in [-0.2, -0.15) is 0 Å². The van der Waals surface area contributed by atoms with Gasteiger partial charge in [-0.05, 0) is 38.3 Å². The molecule has 5 heteroatoms. The van der Waals surface area contributed by atoms with E-state index in [-0.39, 0.29) is 17.4 Å². The summed E-state index contributed by atoms with van der Waals surface area (Å²) in [6, 6.07) is 3.66. The van der Waals surface area contributed by atoms with E-state index < -0.39 is 23.2 Å². The van der Waals surface area contributed by atoms with Crippen molar-refractivity contribution in [3.8, 4) is 0 Å². The first-order valence-electron chi connectivity index (χ1n) is 8.37. The normalized spacial score (nSPS) is 29.0. The number of amides is 1. The molecule has 23 heavy (non-hydrogen) atoms. The average molecular weight is 323 g/mol. The summed E-state index contributed by atoms with van der Waals surface area (Å²) in [4.78, 5) is 14.4. The molecule has 0 aromatic heterocycles. The third kappa shape index (κ3) is 2.99. The van der Waals surface area contributed by atoms with Crippen LogP contribution in [0, 0.1) is 17.6 Å². The zero-order chi connectivity index (χ0) is 16.6. The van der Waals surface area contributed by atoms with E-state index in [4.69, 9.17) is 0 Å². The molecule has 1 aliphatic heterocycles. The average Bonchev–Trinajstić information content (AvgIpc) is 2.53. The largest absolute Gasteiger partial charge is 0.389 e. The molecule has 1 amide bonds. The van der Waals surface area contributed by atoms with Crippen molar-refractivity contribution in [1.29, 1.82) is 0 Å². The molecule has 3 unspecified atom stereocenters. The first-order chi connectivity index (χ1) is 10.9. The van der Waals surface area contributed by atoms with Gasteiger partial charge in [-0.25, -0.2) is 8.78 Å². The Morgan fingerprint density at radius 3 is 2.70 bits per heavy atom. The highest BCUT2D eigenvalue weighted by Gasteiger charge is 2.44. The van der Waals surface area contributed by atoms with Gasteiger partial charge in [0.1, 0.15) is 11.6 Å². The van der Waals surface area contributed by atoms with Gasteiger partial charge in [-0.3, -0.25) is 4.79 Å². The predicted octanol–water partition coefficient (Wildman–Crippen LogP) is 3.22. The van der Waals surface area contributed by atoms with Crippen LogP contribution in [0.3, 0.4) is 0 Å². The quantitative estimate of drug-likeness (QED) is 0.908. The molecule has 1 aromatic rings. The van der Waals surface area contributed by atoms with Crippen molar-refractivity contribution in [3.63, 3.8) is 0 Å². The number of benzene rings is 1. The van der Waals surface area contributed by atoms with Crippen molar-refractivity contribution in [2.24, 2.45) is 5.92 Å². The van der Waals surface area contributed by atoms with Crippen molar-refractivity contribution < 1.29 is 18.7 Å². The van der Waals surface area contributed by atoms with Gasteiger partial charge in [-0.15, -0.1) is 0 Å². The Morgan fingerprint density at radius 2 is 2.00 bits per heavy atom. The van der Waals surface area contributed by atoms with Crippen LogP contribution in [0.15, 0.2) is 18.2 Å². The lowest BCUT2D eigenvalue weighted by atomic mass is 9.71. The molecule has 1 saturated heterocycles. The van der Waals surface area contributed by atoms with E-state index in [1.54, 1.807) is 11.8 Å². The van der Waals surface area contributed by atoms with E-state index in [1.807, 2.05) is 0 Å². The molecule has 1 N–H and O–H groups in total. The monoisotopic (exact) mass is 323 g/mol. The lowest BCUT2D eigenvalue weighted by molar-refractivity contribution is -0.144. The summed E-state index contributed by atoms with van der Waals surface area (Å²) < 4.78 is 27.8. The molecule has 2 aliphatic rings. The predicted molar refractivity (Wildman–Crippen MR) is 82.9 cm³/mol. The van der Waals surface area contributed by atoms with Crippen LogP contribution >= 0.6 is 0 Å². The van der Waals surface area contributed by atoms with Crippen LogP contribution in [-0.2, 0) is 4.79 Å². The summed E-state index contributed by atoms with van der Waals surface area (Å²) in [6.45, 7) is 2.48. The van der Waals surface area contributed by atoms with Gasteiger partial charge in [0.05, 0.1) is 11.5 Å². The topological polar surface area (TPSA) is 40.5 Å². The molecule has 1 saturated carbocycles. The molecular formula is C18H23F2NO2. The minimum atomic E-state index is -0.856. The molecule has 1 aliphatic carbocycles. The van der Waals surface area contributed by atoms with Crippen molar-refractivity contribution in [1.82, 2.24) is 4.90 Å². The number of hydrogen-bond acceptors (Lipinski definition) is 2. The van der Waals surface area contributed by atoms with Crippen LogP contribution < -0.4 is 0 Å². The minimum Gasteiger partial charge on any atom is -0.389 e. The second-order valence-corrected chi connectivity index (χ2v) is 6.94. The summed E-state index contributed by atoms with van der Waals surface area (Å²) in [6.07, 6.45) is 4.33. The van der Waals surface area contributed by atoms with E-state index in [9.17, 15) is 18.7 Å². The SMILES string of the molecule is CC(C(=O)N1CCC2(O)CCCCC2C1)c1c(F)cccc1F. The fourth-order valence-corrected chi connectivity index (χ4v) is 4.09. The number of likely N-dealkylation sites (tertiary alicyclic amines) is 1. The van der Waals surface area contributed by atoms with Gasteiger partial charge in [0.2, 0.25) is 5.91 Å². The Kier molecular flexibility index (Phi) is 4.41. The summed E-state index contributed by atoms with van der Waals surface area (Å²) in [5.74, 6) is -2.41. The van der Waals surface area contributed by atoms with E-state index in [2.05, 4.69) is 0 Å². The van der Waals surface area contributed by atoms with E-state index >= 15 is 0 Å².